The molecule has 9 heteroatoms. The summed E-state index contributed by atoms with van der Waals surface area (Å²) in [6, 6.07) is 10.4. The van der Waals surface area contributed by atoms with Crippen molar-refractivity contribution < 1.29 is 27.5 Å². The maximum absolute atomic E-state index is 12.7. The molecule has 0 atom stereocenters. The molecule has 0 N–H and O–H groups in total. The van der Waals surface area contributed by atoms with E-state index in [0.717, 1.165) is 0 Å². The smallest absolute Gasteiger partial charge is 0.340 e. The predicted molar refractivity (Wildman–Crippen MR) is 108 cm³/mol. The van der Waals surface area contributed by atoms with Gasteiger partial charge in [-0.15, -0.1) is 0 Å². The van der Waals surface area contributed by atoms with Gasteiger partial charge in [-0.3, -0.25) is 0 Å². The molecule has 0 aliphatic heterocycles. The summed E-state index contributed by atoms with van der Waals surface area (Å²) >= 11 is 6.09. The lowest BCUT2D eigenvalue weighted by Gasteiger charge is -2.19. The molecule has 0 fully saturated rings. The molecule has 0 spiro atoms. The molecular formula is C20H22ClNO6S. The van der Waals surface area contributed by atoms with Crippen LogP contribution in [-0.2, 0) is 26.1 Å². The summed E-state index contributed by atoms with van der Waals surface area (Å²) in [7, 11) is -2.47. The zero-order valence-electron chi connectivity index (χ0n) is 16.3. The monoisotopic (exact) mass is 439 g/mol. The molecule has 2 aromatic carbocycles. The summed E-state index contributed by atoms with van der Waals surface area (Å²) in [6.07, 6.45) is 0. The normalized spacial score (nSPS) is 11.3. The first-order chi connectivity index (χ1) is 13.7. The van der Waals surface area contributed by atoms with Gasteiger partial charge in [0.25, 0.3) is 0 Å². The lowest BCUT2D eigenvalue weighted by Crippen LogP contribution is -2.30. The van der Waals surface area contributed by atoms with Crippen molar-refractivity contribution in [2.45, 2.75) is 25.3 Å². The molecule has 0 saturated heterocycles. The first-order valence-corrected chi connectivity index (χ1v) is 10.7. The van der Waals surface area contributed by atoms with E-state index >= 15 is 0 Å². The highest BCUT2D eigenvalue weighted by Gasteiger charge is 2.24. The highest BCUT2D eigenvalue weighted by molar-refractivity contribution is 7.89. The quantitative estimate of drug-likeness (QED) is 0.584. The number of hydrogen-bond donors (Lipinski definition) is 0. The van der Waals surface area contributed by atoms with Crippen molar-refractivity contribution in [3.8, 4) is 0 Å². The fourth-order valence-electron chi connectivity index (χ4n) is 2.67. The average molecular weight is 440 g/mol. The van der Waals surface area contributed by atoms with E-state index in [2.05, 4.69) is 4.74 Å². The summed E-state index contributed by atoms with van der Waals surface area (Å²) < 4.78 is 36.6. The Morgan fingerprint density at radius 2 is 1.72 bits per heavy atom. The third kappa shape index (κ3) is 5.35. The van der Waals surface area contributed by atoms with Gasteiger partial charge in [-0.25, -0.2) is 18.0 Å². The van der Waals surface area contributed by atoms with E-state index in [1.807, 2.05) is 0 Å². The molecule has 156 valence electrons. The van der Waals surface area contributed by atoms with Gasteiger partial charge in [-0.05, 0) is 35.9 Å². The van der Waals surface area contributed by atoms with Gasteiger partial charge in [0.2, 0.25) is 10.0 Å². The molecule has 0 aromatic heterocycles. The lowest BCUT2D eigenvalue weighted by atomic mass is 10.1. The standard InChI is InChI=1S/C20H22ClNO6S/c1-4-22(5-2)29(25,26)16-9-10-18(21)17(12-16)20(24)28-13-14-7-6-8-15(11-14)19(23)27-3/h6-12H,4-5,13H2,1-3H3. The molecule has 29 heavy (non-hydrogen) atoms. The van der Waals surface area contributed by atoms with Crippen LogP contribution in [-0.4, -0.2) is 44.9 Å². The Hall–Kier alpha value is -2.42. The van der Waals surface area contributed by atoms with E-state index in [1.54, 1.807) is 38.1 Å². The third-order valence-corrected chi connectivity index (χ3v) is 6.59. The number of halogens is 1. The van der Waals surface area contributed by atoms with Crippen LogP contribution < -0.4 is 0 Å². The summed E-state index contributed by atoms with van der Waals surface area (Å²) in [5, 5.41) is 0.0804. The van der Waals surface area contributed by atoms with Crippen LogP contribution in [0.15, 0.2) is 47.4 Å². The van der Waals surface area contributed by atoms with Gasteiger partial charge < -0.3 is 9.47 Å². The molecule has 7 nitrogen and oxygen atoms in total. The summed E-state index contributed by atoms with van der Waals surface area (Å²) in [5.74, 6) is -1.27. The minimum Gasteiger partial charge on any atom is -0.465 e. The number of hydrogen-bond acceptors (Lipinski definition) is 6. The Balaban J connectivity index is 2.22. The maximum Gasteiger partial charge on any atom is 0.340 e. The number of ether oxygens (including phenoxy) is 2. The lowest BCUT2D eigenvalue weighted by molar-refractivity contribution is 0.0472. The maximum atomic E-state index is 12.7. The molecule has 0 bridgehead atoms. The average Bonchev–Trinajstić information content (AvgIpc) is 2.72. The van der Waals surface area contributed by atoms with E-state index in [-0.39, 0.29) is 22.1 Å². The molecule has 0 aliphatic rings. The van der Waals surface area contributed by atoms with Crippen LogP contribution in [0.4, 0.5) is 0 Å². The largest absolute Gasteiger partial charge is 0.465 e. The number of esters is 2. The summed E-state index contributed by atoms with van der Waals surface area (Å²) in [4.78, 5) is 24.1. The minimum atomic E-state index is -3.74. The molecule has 2 aromatic rings. The molecule has 0 radical (unpaired) electrons. The number of carbonyl (C=O) groups is 2. The van der Waals surface area contributed by atoms with E-state index in [0.29, 0.717) is 24.2 Å². The van der Waals surface area contributed by atoms with Gasteiger partial charge in [0, 0.05) is 13.1 Å². The third-order valence-electron chi connectivity index (χ3n) is 4.22. The van der Waals surface area contributed by atoms with Gasteiger partial charge in [-0.2, -0.15) is 4.31 Å². The topological polar surface area (TPSA) is 90.0 Å². The number of sulfonamides is 1. The Labute approximate surface area is 175 Å². The van der Waals surface area contributed by atoms with Crippen LogP contribution in [0.3, 0.4) is 0 Å². The van der Waals surface area contributed by atoms with Crippen LogP contribution in [0, 0.1) is 0 Å². The van der Waals surface area contributed by atoms with Gasteiger partial charge >= 0.3 is 11.9 Å². The Morgan fingerprint density at radius 1 is 1.03 bits per heavy atom. The van der Waals surface area contributed by atoms with Crippen molar-refractivity contribution in [1.29, 1.82) is 0 Å². The minimum absolute atomic E-state index is 0.0368. The second kappa shape index (κ2) is 9.87. The highest BCUT2D eigenvalue weighted by Crippen LogP contribution is 2.24. The van der Waals surface area contributed by atoms with Crippen molar-refractivity contribution in [2.75, 3.05) is 20.2 Å². The van der Waals surface area contributed by atoms with Crippen LogP contribution in [0.2, 0.25) is 5.02 Å². The van der Waals surface area contributed by atoms with Crippen LogP contribution in [0.25, 0.3) is 0 Å². The summed E-state index contributed by atoms with van der Waals surface area (Å²) in [5.41, 5.74) is 0.847. The molecule has 0 heterocycles. The van der Waals surface area contributed by atoms with E-state index in [4.69, 9.17) is 16.3 Å². The zero-order chi connectivity index (χ0) is 21.6. The van der Waals surface area contributed by atoms with Crippen molar-refractivity contribution in [1.82, 2.24) is 4.31 Å². The number of carbonyl (C=O) groups excluding carboxylic acids is 2. The van der Waals surface area contributed by atoms with Gasteiger partial charge in [0.15, 0.2) is 0 Å². The van der Waals surface area contributed by atoms with E-state index in [9.17, 15) is 18.0 Å². The number of rotatable bonds is 8. The highest BCUT2D eigenvalue weighted by atomic mass is 35.5. The first-order valence-electron chi connectivity index (χ1n) is 8.88. The fraction of sp³-hybridized carbons (Fsp3) is 0.300. The Morgan fingerprint density at radius 3 is 2.34 bits per heavy atom. The zero-order valence-corrected chi connectivity index (χ0v) is 17.9. The second-order valence-electron chi connectivity index (χ2n) is 6.00. The van der Waals surface area contributed by atoms with Crippen molar-refractivity contribution in [3.05, 3.63) is 64.2 Å². The molecule has 0 unspecified atom stereocenters. The van der Waals surface area contributed by atoms with Gasteiger partial charge in [0.1, 0.15) is 6.61 Å². The van der Waals surface area contributed by atoms with Crippen LogP contribution >= 0.6 is 11.6 Å². The molecule has 0 amide bonds. The SMILES string of the molecule is CCN(CC)S(=O)(=O)c1ccc(Cl)c(C(=O)OCc2cccc(C(=O)OC)c2)c1. The van der Waals surface area contributed by atoms with E-state index < -0.39 is 22.0 Å². The van der Waals surface area contributed by atoms with Crippen LogP contribution in [0.5, 0.6) is 0 Å². The fourth-order valence-corrected chi connectivity index (χ4v) is 4.35. The van der Waals surface area contributed by atoms with Crippen LogP contribution in [0.1, 0.15) is 40.1 Å². The summed E-state index contributed by atoms with van der Waals surface area (Å²) in [6.45, 7) is 3.95. The first kappa shape index (κ1) is 22.9. The predicted octanol–water partition coefficient (Wildman–Crippen LogP) is 3.51. The van der Waals surface area contributed by atoms with Crippen molar-refractivity contribution in [3.63, 3.8) is 0 Å². The Bertz CT molecular complexity index is 1000. The molecule has 2 rings (SSSR count). The van der Waals surface area contributed by atoms with Crippen molar-refractivity contribution in [2.24, 2.45) is 0 Å². The number of nitrogens with zero attached hydrogens (tertiary/aromatic N) is 1. The Kier molecular flexibility index (Phi) is 7.78. The molecular weight excluding hydrogens is 418 g/mol. The molecule has 0 saturated carbocycles. The number of benzene rings is 2. The molecule has 0 aliphatic carbocycles. The van der Waals surface area contributed by atoms with Gasteiger partial charge in [-0.1, -0.05) is 37.6 Å². The van der Waals surface area contributed by atoms with Gasteiger partial charge in [0.05, 0.1) is 28.2 Å². The van der Waals surface area contributed by atoms with E-state index in [1.165, 1.54) is 29.6 Å². The second-order valence-corrected chi connectivity index (χ2v) is 8.34. The van der Waals surface area contributed by atoms with Crippen molar-refractivity contribution >= 4 is 33.6 Å². The number of methoxy groups -OCH3 is 1.